The molecule has 0 bridgehead atoms. The minimum absolute atomic E-state index is 0.175. The van der Waals surface area contributed by atoms with Crippen LogP contribution >= 0.6 is 0 Å². The number of benzene rings is 1. The van der Waals surface area contributed by atoms with Gasteiger partial charge in [0.15, 0.2) is 0 Å². The highest BCUT2D eigenvalue weighted by Crippen LogP contribution is 2.32. The summed E-state index contributed by atoms with van der Waals surface area (Å²) in [6.45, 7) is 0. The third-order valence-corrected chi connectivity index (χ3v) is 2.96. The molecular formula is C15H12N2O2. The lowest BCUT2D eigenvalue weighted by Gasteiger charge is -2.01. The molecule has 0 radical (unpaired) electrons. The lowest BCUT2D eigenvalue weighted by atomic mass is 10.1. The minimum atomic E-state index is -0.175. The van der Waals surface area contributed by atoms with E-state index in [0.717, 1.165) is 10.9 Å². The van der Waals surface area contributed by atoms with Crippen LogP contribution < -0.4 is 5.32 Å². The Labute approximate surface area is 110 Å². The molecule has 2 aromatic heterocycles. The fourth-order valence-electron chi connectivity index (χ4n) is 2.08. The number of hydrogen-bond acceptors (Lipinski definition) is 3. The summed E-state index contributed by atoms with van der Waals surface area (Å²) >= 11 is 0. The first kappa shape index (κ1) is 11.5. The number of nitrogens with zero attached hydrogens (tertiary/aromatic N) is 1. The van der Waals surface area contributed by atoms with E-state index in [1.54, 1.807) is 19.3 Å². The Hall–Kier alpha value is -2.62. The zero-order chi connectivity index (χ0) is 13.2. The second kappa shape index (κ2) is 4.57. The number of amides is 1. The monoisotopic (exact) mass is 252 g/mol. The Balaban J connectivity index is 2.32. The van der Waals surface area contributed by atoms with E-state index >= 15 is 0 Å². The quantitative estimate of drug-likeness (QED) is 0.763. The van der Waals surface area contributed by atoms with E-state index in [0.29, 0.717) is 17.0 Å². The number of nitrogens with one attached hydrogen (secondary N) is 1. The predicted octanol–water partition coefficient (Wildman–Crippen LogP) is 2.85. The van der Waals surface area contributed by atoms with Crippen molar-refractivity contribution in [1.29, 1.82) is 0 Å². The van der Waals surface area contributed by atoms with Gasteiger partial charge in [-0.05, 0) is 12.1 Å². The minimum Gasteiger partial charge on any atom is -0.437 e. The normalized spacial score (nSPS) is 10.6. The van der Waals surface area contributed by atoms with Gasteiger partial charge in [-0.25, -0.2) is 4.98 Å². The maximum Gasteiger partial charge on any atom is 0.255 e. The molecule has 94 valence electrons. The molecule has 0 aliphatic carbocycles. The fourth-order valence-corrected chi connectivity index (χ4v) is 2.08. The molecule has 4 nitrogen and oxygen atoms in total. The van der Waals surface area contributed by atoms with Gasteiger partial charge >= 0.3 is 0 Å². The Morgan fingerprint density at radius 3 is 2.68 bits per heavy atom. The third-order valence-electron chi connectivity index (χ3n) is 2.96. The van der Waals surface area contributed by atoms with Crippen molar-refractivity contribution in [2.45, 2.75) is 0 Å². The summed E-state index contributed by atoms with van der Waals surface area (Å²) in [5.41, 5.74) is 1.86. The summed E-state index contributed by atoms with van der Waals surface area (Å²) in [4.78, 5) is 16.2. The second-order valence-corrected chi connectivity index (χ2v) is 4.11. The van der Waals surface area contributed by atoms with E-state index in [4.69, 9.17) is 4.42 Å². The van der Waals surface area contributed by atoms with Crippen LogP contribution in [0.25, 0.3) is 22.4 Å². The Morgan fingerprint density at radius 1 is 1.16 bits per heavy atom. The molecule has 0 atom stereocenters. The highest BCUT2D eigenvalue weighted by molar-refractivity contribution is 6.10. The van der Waals surface area contributed by atoms with Crippen molar-refractivity contribution in [1.82, 2.24) is 10.3 Å². The van der Waals surface area contributed by atoms with Crippen LogP contribution in [0.3, 0.4) is 0 Å². The van der Waals surface area contributed by atoms with Crippen molar-refractivity contribution in [2.24, 2.45) is 0 Å². The number of rotatable bonds is 2. The number of fused-ring (bicyclic) bond motifs is 1. The van der Waals surface area contributed by atoms with Crippen LogP contribution in [0.1, 0.15) is 10.4 Å². The highest BCUT2D eigenvalue weighted by Gasteiger charge is 2.21. The third kappa shape index (κ3) is 1.87. The molecule has 1 aromatic carbocycles. The van der Waals surface area contributed by atoms with Crippen molar-refractivity contribution in [3.05, 3.63) is 54.2 Å². The first-order valence-electron chi connectivity index (χ1n) is 5.96. The van der Waals surface area contributed by atoms with Crippen LogP contribution in [-0.4, -0.2) is 17.9 Å². The predicted molar refractivity (Wildman–Crippen MR) is 72.8 cm³/mol. The molecule has 3 aromatic rings. The summed E-state index contributed by atoms with van der Waals surface area (Å²) in [5.74, 6) is 0.374. The maximum absolute atomic E-state index is 12.1. The molecule has 0 saturated carbocycles. The van der Waals surface area contributed by atoms with Gasteiger partial charge in [0.25, 0.3) is 5.91 Å². The fraction of sp³-hybridized carbons (Fsp3) is 0.0667. The number of aromatic nitrogens is 1. The zero-order valence-corrected chi connectivity index (χ0v) is 10.4. The number of carbonyl (C=O) groups excluding carboxylic acids is 1. The summed E-state index contributed by atoms with van der Waals surface area (Å²) in [6, 6.07) is 13.2. The summed E-state index contributed by atoms with van der Waals surface area (Å²) < 4.78 is 5.74. The average Bonchev–Trinajstić information content (AvgIpc) is 2.87. The van der Waals surface area contributed by atoms with E-state index in [1.165, 1.54) is 0 Å². The van der Waals surface area contributed by atoms with Crippen molar-refractivity contribution in [3.8, 4) is 11.3 Å². The number of carbonyl (C=O) groups is 1. The molecule has 0 fully saturated rings. The maximum atomic E-state index is 12.1. The Kier molecular flexibility index (Phi) is 2.76. The molecule has 4 heteroatoms. The van der Waals surface area contributed by atoms with E-state index in [9.17, 15) is 4.79 Å². The summed E-state index contributed by atoms with van der Waals surface area (Å²) in [7, 11) is 1.60. The molecule has 0 spiro atoms. The smallest absolute Gasteiger partial charge is 0.255 e. The van der Waals surface area contributed by atoms with Crippen LogP contribution in [0.4, 0.5) is 0 Å². The number of hydrogen-bond donors (Lipinski definition) is 1. The van der Waals surface area contributed by atoms with Gasteiger partial charge in [-0.1, -0.05) is 30.3 Å². The molecule has 19 heavy (non-hydrogen) atoms. The Morgan fingerprint density at radius 2 is 1.95 bits per heavy atom. The van der Waals surface area contributed by atoms with Gasteiger partial charge in [-0.2, -0.15) is 0 Å². The first-order chi connectivity index (χ1) is 9.31. The Bertz CT molecular complexity index is 732. The van der Waals surface area contributed by atoms with Crippen LogP contribution in [-0.2, 0) is 0 Å². The molecular weight excluding hydrogens is 240 g/mol. The van der Waals surface area contributed by atoms with Gasteiger partial charge in [-0.3, -0.25) is 4.79 Å². The van der Waals surface area contributed by atoms with Crippen molar-refractivity contribution < 1.29 is 9.21 Å². The standard InChI is InChI=1S/C15H12N2O2/c1-16-14(18)12-11-8-5-9-17-15(11)19-13(12)10-6-3-2-4-7-10/h2-9H,1H3,(H,16,18). The topological polar surface area (TPSA) is 55.1 Å². The second-order valence-electron chi connectivity index (χ2n) is 4.11. The largest absolute Gasteiger partial charge is 0.437 e. The van der Waals surface area contributed by atoms with E-state index in [-0.39, 0.29) is 5.91 Å². The van der Waals surface area contributed by atoms with E-state index < -0.39 is 0 Å². The molecule has 1 N–H and O–H groups in total. The molecule has 2 heterocycles. The highest BCUT2D eigenvalue weighted by atomic mass is 16.3. The molecule has 3 rings (SSSR count). The molecule has 0 unspecified atom stereocenters. The van der Waals surface area contributed by atoms with Gasteiger partial charge in [0, 0.05) is 18.8 Å². The van der Waals surface area contributed by atoms with Crippen molar-refractivity contribution in [3.63, 3.8) is 0 Å². The summed E-state index contributed by atoms with van der Waals surface area (Å²) in [6.07, 6.45) is 1.65. The summed E-state index contributed by atoms with van der Waals surface area (Å²) in [5, 5.41) is 3.37. The van der Waals surface area contributed by atoms with Crippen molar-refractivity contribution in [2.75, 3.05) is 7.05 Å². The SMILES string of the molecule is CNC(=O)c1c(-c2ccccc2)oc2ncccc12. The first-order valence-corrected chi connectivity index (χ1v) is 5.96. The lowest BCUT2D eigenvalue weighted by molar-refractivity contribution is 0.0964. The van der Waals surface area contributed by atoms with Crippen LogP contribution in [0.15, 0.2) is 53.1 Å². The van der Waals surface area contributed by atoms with Gasteiger partial charge < -0.3 is 9.73 Å². The number of pyridine rings is 1. The zero-order valence-electron chi connectivity index (χ0n) is 10.4. The van der Waals surface area contributed by atoms with Crippen molar-refractivity contribution >= 4 is 17.0 Å². The molecule has 0 aliphatic rings. The molecule has 1 amide bonds. The van der Waals surface area contributed by atoms with Crippen LogP contribution in [0, 0.1) is 0 Å². The van der Waals surface area contributed by atoms with Gasteiger partial charge in [-0.15, -0.1) is 0 Å². The molecule has 0 saturated heterocycles. The average molecular weight is 252 g/mol. The van der Waals surface area contributed by atoms with E-state index in [1.807, 2.05) is 36.4 Å². The van der Waals surface area contributed by atoms with Gasteiger partial charge in [0.2, 0.25) is 5.71 Å². The van der Waals surface area contributed by atoms with Gasteiger partial charge in [0.05, 0.1) is 10.9 Å². The lowest BCUT2D eigenvalue weighted by Crippen LogP contribution is -2.18. The van der Waals surface area contributed by atoms with Crippen LogP contribution in [0.2, 0.25) is 0 Å². The van der Waals surface area contributed by atoms with Gasteiger partial charge in [0.1, 0.15) is 5.76 Å². The van der Waals surface area contributed by atoms with Crippen LogP contribution in [0.5, 0.6) is 0 Å². The van der Waals surface area contributed by atoms with E-state index in [2.05, 4.69) is 10.3 Å². The number of furan rings is 1. The molecule has 0 aliphatic heterocycles.